The molecule has 0 amide bonds. The van der Waals surface area contributed by atoms with E-state index in [2.05, 4.69) is 108 Å². The van der Waals surface area contributed by atoms with E-state index in [1.807, 2.05) is 0 Å². The number of hydrogen-bond donors (Lipinski definition) is 0. The van der Waals surface area contributed by atoms with Gasteiger partial charge in [0.25, 0.3) is 0 Å². The van der Waals surface area contributed by atoms with Crippen molar-refractivity contribution in [3.8, 4) is 0 Å². The van der Waals surface area contributed by atoms with Crippen LogP contribution in [-0.4, -0.2) is 10.3 Å². The number of benzene rings is 2. The third kappa shape index (κ3) is 5.88. The molecule has 0 nitrogen and oxygen atoms in total. The van der Waals surface area contributed by atoms with Crippen LogP contribution in [0, 0.1) is 0 Å². The third-order valence-corrected chi connectivity index (χ3v) is 13.7. The van der Waals surface area contributed by atoms with Crippen LogP contribution in [0.5, 0.6) is 0 Å². The molecule has 174 valence electrons. The van der Waals surface area contributed by atoms with Crippen LogP contribution in [0.2, 0.25) is 0 Å². The molecule has 2 aromatic carbocycles. The third-order valence-electron chi connectivity index (χ3n) is 6.12. The van der Waals surface area contributed by atoms with Crippen LogP contribution in [0.25, 0.3) is 0 Å². The Labute approximate surface area is 218 Å². The molecular weight excluding hydrogens is 815 g/mol. The van der Waals surface area contributed by atoms with E-state index in [0.717, 1.165) is 11.3 Å². The van der Waals surface area contributed by atoms with Crippen molar-refractivity contribution in [1.82, 2.24) is 0 Å². The molecule has 0 saturated heterocycles. The summed E-state index contributed by atoms with van der Waals surface area (Å²) in [4.78, 5) is 0. The topological polar surface area (TPSA) is 0 Å². The van der Waals surface area contributed by atoms with Gasteiger partial charge in [-0.25, -0.2) is 0 Å². The molecule has 4 atom stereocenters. The first-order chi connectivity index (χ1) is 14.2. The molecule has 6 heteroatoms. The summed E-state index contributed by atoms with van der Waals surface area (Å²) < 4.78 is 0. The molecule has 0 aromatic heterocycles. The fourth-order valence-electron chi connectivity index (χ4n) is 4.82. The zero-order valence-corrected chi connectivity index (χ0v) is 26.1. The average Bonchev–Trinajstić information content (AvgIpc) is 3.29. The Morgan fingerprint density at radius 2 is 0.933 bits per heavy atom. The van der Waals surface area contributed by atoms with E-state index < -0.39 is 0 Å². The summed E-state index contributed by atoms with van der Waals surface area (Å²) in [7, 11) is 9.03. The Morgan fingerprint density at radius 3 is 1.23 bits per heavy atom. The second-order valence-electron chi connectivity index (χ2n) is 9.88. The van der Waals surface area contributed by atoms with Gasteiger partial charge in [-0.15, -0.1) is 0 Å². The van der Waals surface area contributed by atoms with Crippen molar-refractivity contribution in [2.75, 3.05) is 0 Å². The van der Waals surface area contributed by atoms with Crippen molar-refractivity contribution < 1.29 is 40.0 Å². The van der Waals surface area contributed by atoms with Crippen LogP contribution in [0.3, 0.4) is 0 Å². The standard InChI is InChI=1S/C24H32P2.2Au.2ClH/c1-23(2,3)25-15-17-11-7-9-13-19(17)21(25)22-20-14-10-8-12-18(20)16-26(22)24(4,5)6;;;;/h7-14,21-22H,15-16H2,1-6H3;;;2*1H/q;2*+1;;/p-2/t21-,22-,25-,26-;;;;/m1..../s1. The van der Waals surface area contributed by atoms with E-state index in [-0.39, 0.29) is 15.8 Å². The summed E-state index contributed by atoms with van der Waals surface area (Å²) in [5.41, 5.74) is 8.07. The predicted molar refractivity (Wildman–Crippen MR) is 131 cm³/mol. The number of fused-ring (bicyclic) bond motifs is 2. The molecule has 0 spiro atoms. The van der Waals surface area contributed by atoms with Gasteiger partial charge in [-0.3, -0.25) is 0 Å². The van der Waals surface area contributed by atoms with E-state index in [9.17, 15) is 0 Å². The van der Waals surface area contributed by atoms with Gasteiger partial charge < -0.3 is 0 Å². The first-order valence-corrected chi connectivity index (χ1v) is 18.7. The van der Waals surface area contributed by atoms with Crippen molar-refractivity contribution in [2.24, 2.45) is 0 Å². The normalized spacial score (nSPS) is 24.8. The Hall–Kier alpha value is 1.36. The number of halogens is 2. The predicted octanol–water partition coefficient (Wildman–Crippen LogP) is 9.43. The van der Waals surface area contributed by atoms with Crippen molar-refractivity contribution in [1.29, 1.82) is 0 Å². The molecular formula is C24H32Au2Cl2P2. The summed E-state index contributed by atoms with van der Waals surface area (Å²) >= 11 is 3.50. The van der Waals surface area contributed by atoms with Gasteiger partial charge in [0.05, 0.1) is 0 Å². The Bertz CT molecular complexity index is 761. The fraction of sp³-hybridized carbons (Fsp3) is 0.500. The molecule has 2 aliphatic heterocycles. The second-order valence-corrected chi connectivity index (χ2v) is 16.2. The Balaban J connectivity index is 0.000000757. The molecule has 0 aliphatic carbocycles. The maximum atomic E-state index is 4.58. The van der Waals surface area contributed by atoms with E-state index in [1.165, 1.54) is 12.3 Å². The van der Waals surface area contributed by atoms with Crippen LogP contribution in [-0.2, 0) is 52.3 Å². The molecule has 0 unspecified atom stereocenters. The molecule has 0 saturated carbocycles. The van der Waals surface area contributed by atoms with E-state index in [0.29, 0.717) is 10.3 Å². The molecule has 2 aliphatic rings. The van der Waals surface area contributed by atoms with Crippen LogP contribution >= 0.6 is 34.2 Å². The van der Waals surface area contributed by atoms with Crippen molar-refractivity contribution in [3.63, 3.8) is 0 Å². The second kappa shape index (κ2) is 11.7. The Kier molecular flexibility index (Phi) is 10.7. The van der Waals surface area contributed by atoms with Gasteiger partial charge in [0, 0.05) is 11.3 Å². The summed E-state index contributed by atoms with van der Waals surface area (Å²) in [6.07, 6.45) is 2.62. The minimum absolute atomic E-state index is 0.0695. The first kappa shape index (κ1) is 27.6. The van der Waals surface area contributed by atoms with Gasteiger partial charge in [0.1, 0.15) is 0 Å². The zero-order valence-electron chi connectivity index (χ0n) is 18.4. The summed E-state index contributed by atoms with van der Waals surface area (Å²) in [6.45, 7) is 14.9. The van der Waals surface area contributed by atoms with E-state index >= 15 is 0 Å². The first-order valence-electron chi connectivity index (χ1n) is 10.1. The maximum absolute atomic E-state index is 4.58. The molecule has 0 radical (unpaired) electrons. The molecule has 0 N–H and O–H groups in total. The van der Waals surface area contributed by atoms with Gasteiger partial charge in [0.15, 0.2) is 0 Å². The molecule has 0 fully saturated rings. The van der Waals surface area contributed by atoms with Crippen molar-refractivity contribution >= 4 is 34.2 Å². The van der Waals surface area contributed by atoms with E-state index in [4.69, 9.17) is 0 Å². The summed E-state index contributed by atoms with van der Waals surface area (Å²) in [5, 5.41) is 0.797. The van der Waals surface area contributed by atoms with Crippen LogP contribution in [0.15, 0.2) is 48.5 Å². The van der Waals surface area contributed by atoms with Gasteiger partial charge in [-0.2, -0.15) is 0 Å². The molecule has 2 heterocycles. The quantitative estimate of drug-likeness (QED) is 0.198. The van der Waals surface area contributed by atoms with Crippen LogP contribution in [0.4, 0.5) is 0 Å². The number of rotatable bonds is 1. The van der Waals surface area contributed by atoms with Gasteiger partial charge in [0.2, 0.25) is 0 Å². The van der Waals surface area contributed by atoms with E-state index in [1.54, 1.807) is 62.2 Å². The molecule has 4 rings (SSSR count). The SMILES string of the molecule is CC(C)(C)[P@]1Cc2ccccc2[C@@H]1[C@H]1c2ccccc2C[P@@]1C(C)(C)C.[Cl][Au].[Cl][Au]. The van der Waals surface area contributed by atoms with Crippen LogP contribution < -0.4 is 0 Å². The number of hydrogen-bond acceptors (Lipinski definition) is 0. The van der Waals surface area contributed by atoms with Gasteiger partial charge in [-0.05, 0) is 44.9 Å². The summed E-state index contributed by atoms with van der Waals surface area (Å²) in [6, 6.07) is 18.7. The van der Waals surface area contributed by atoms with Gasteiger partial charge in [-0.1, -0.05) is 106 Å². The molecule has 0 bridgehead atoms. The summed E-state index contributed by atoms with van der Waals surface area (Å²) in [5.74, 6) is 0. The minimum atomic E-state index is -0.0695. The Morgan fingerprint density at radius 1 is 0.633 bits per heavy atom. The van der Waals surface area contributed by atoms with Crippen LogP contribution in [0.1, 0.15) is 75.1 Å². The van der Waals surface area contributed by atoms with Gasteiger partial charge >= 0.3 is 58.4 Å². The monoisotopic (exact) mass is 846 g/mol. The van der Waals surface area contributed by atoms with Crippen molar-refractivity contribution in [2.45, 2.75) is 75.5 Å². The zero-order chi connectivity index (χ0) is 22.7. The average molecular weight is 847 g/mol. The molecule has 30 heavy (non-hydrogen) atoms. The van der Waals surface area contributed by atoms with Crippen molar-refractivity contribution in [3.05, 3.63) is 70.8 Å². The fourth-order valence-corrected chi connectivity index (χ4v) is 12.3. The molecule has 2 aromatic rings.